The Morgan fingerprint density at radius 1 is 1.24 bits per heavy atom. The Hall–Kier alpha value is -1.30. The Bertz CT molecular complexity index is 408. The summed E-state index contributed by atoms with van der Waals surface area (Å²) >= 11 is 0. The molecule has 0 N–H and O–H groups in total. The van der Waals surface area contributed by atoms with Gasteiger partial charge in [0.15, 0.2) is 6.29 Å². The van der Waals surface area contributed by atoms with Crippen LogP contribution >= 0.6 is 0 Å². The number of benzene rings is 1. The number of unbranched alkanes of at least 4 members (excludes halogenated alkanes) is 1. The van der Waals surface area contributed by atoms with Gasteiger partial charge < -0.3 is 9.47 Å². The molecule has 0 aliphatic carbocycles. The molecule has 0 atom stereocenters. The summed E-state index contributed by atoms with van der Waals surface area (Å²) in [6.45, 7) is 3.66. The Morgan fingerprint density at radius 2 is 2.00 bits per heavy atom. The zero-order valence-electron chi connectivity index (χ0n) is 10.2. The fourth-order valence-electron chi connectivity index (χ4n) is 1.77. The van der Waals surface area contributed by atoms with Crippen molar-refractivity contribution in [3.05, 3.63) is 35.4 Å². The lowest BCUT2D eigenvalue weighted by molar-refractivity contribution is -0.183. The summed E-state index contributed by atoms with van der Waals surface area (Å²) in [7, 11) is 0. The number of hydrogen-bond donors (Lipinski definition) is 0. The molecule has 1 aliphatic heterocycles. The van der Waals surface area contributed by atoms with Crippen molar-refractivity contribution in [1.29, 1.82) is 0 Å². The van der Waals surface area contributed by atoms with E-state index in [1.54, 1.807) is 0 Å². The van der Waals surface area contributed by atoms with Gasteiger partial charge in [0.05, 0.1) is 13.2 Å². The van der Waals surface area contributed by atoms with E-state index in [2.05, 4.69) is 18.8 Å². The minimum atomic E-state index is -0.240. The molecule has 1 aromatic rings. The SMILES string of the molecule is CCCC#Cc1ccccc1C1OCCCO1. The van der Waals surface area contributed by atoms with Crippen LogP contribution in [0, 0.1) is 11.8 Å². The third-order valence-corrected chi connectivity index (χ3v) is 2.64. The van der Waals surface area contributed by atoms with Gasteiger partial charge in [0, 0.05) is 17.5 Å². The van der Waals surface area contributed by atoms with Crippen LogP contribution in [0.25, 0.3) is 0 Å². The molecule has 1 aliphatic rings. The molecule has 1 saturated heterocycles. The molecule has 0 unspecified atom stereocenters. The van der Waals surface area contributed by atoms with Crippen LogP contribution in [0.3, 0.4) is 0 Å². The minimum absolute atomic E-state index is 0.240. The second-order valence-corrected chi connectivity index (χ2v) is 4.07. The first-order chi connectivity index (χ1) is 8.42. The average Bonchev–Trinajstić information content (AvgIpc) is 2.41. The summed E-state index contributed by atoms with van der Waals surface area (Å²) in [6.07, 6.45) is 2.75. The van der Waals surface area contributed by atoms with Crippen molar-refractivity contribution in [2.75, 3.05) is 13.2 Å². The summed E-state index contributed by atoms with van der Waals surface area (Å²) in [5, 5.41) is 0. The molecular weight excluding hydrogens is 212 g/mol. The number of rotatable bonds is 2. The standard InChI is InChI=1S/C15H18O2/c1-2-3-4-8-13-9-5-6-10-14(13)15-16-11-7-12-17-15/h5-6,9-10,15H,2-3,7,11-12H2,1H3. The van der Waals surface area contributed by atoms with Crippen LogP contribution in [0.4, 0.5) is 0 Å². The lowest BCUT2D eigenvalue weighted by Crippen LogP contribution is -2.18. The molecule has 90 valence electrons. The molecular formula is C15H18O2. The third kappa shape index (κ3) is 3.33. The van der Waals surface area contributed by atoms with Gasteiger partial charge in [0.25, 0.3) is 0 Å². The summed E-state index contributed by atoms with van der Waals surface area (Å²) in [4.78, 5) is 0. The van der Waals surface area contributed by atoms with Gasteiger partial charge in [-0.25, -0.2) is 0 Å². The van der Waals surface area contributed by atoms with Crippen LogP contribution in [-0.4, -0.2) is 13.2 Å². The molecule has 1 aromatic carbocycles. The van der Waals surface area contributed by atoms with Crippen molar-refractivity contribution in [1.82, 2.24) is 0 Å². The summed E-state index contributed by atoms with van der Waals surface area (Å²) in [5.74, 6) is 6.37. The maximum Gasteiger partial charge on any atom is 0.184 e. The first-order valence-electron chi connectivity index (χ1n) is 6.23. The van der Waals surface area contributed by atoms with Crippen molar-refractivity contribution >= 4 is 0 Å². The van der Waals surface area contributed by atoms with Crippen LogP contribution in [0.15, 0.2) is 24.3 Å². The van der Waals surface area contributed by atoms with Gasteiger partial charge >= 0.3 is 0 Å². The predicted octanol–water partition coefficient (Wildman–Crippen LogP) is 3.27. The summed E-state index contributed by atoms with van der Waals surface area (Å²) < 4.78 is 11.2. The zero-order chi connectivity index (χ0) is 11.9. The highest BCUT2D eigenvalue weighted by Gasteiger charge is 2.18. The first-order valence-corrected chi connectivity index (χ1v) is 6.23. The largest absolute Gasteiger partial charge is 0.348 e. The Balaban J connectivity index is 2.18. The van der Waals surface area contributed by atoms with E-state index in [9.17, 15) is 0 Å². The molecule has 2 heteroatoms. The van der Waals surface area contributed by atoms with E-state index in [1.165, 1.54) is 0 Å². The molecule has 0 spiro atoms. The van der Waals surface area contributed by atoms with E-state index in [0.29, 0.717) is 0 Å². The molecule has 0 bridgehead atoms. The van der Waals surface area contributed by atoms with Crippen molar-refractivity contribution in [2.24, 2.45) is 0 Å². The van der Waals surface area contributed by atoms with Gasteiger partial charge in [-0.1, -0.05) is 37.0 Å². The molecule has 1 fully saturated rings. The van der Waals surface area contributed by atoms with Gasteiger partial charge in [0.2, 0.25) is 0 Å². The van der Waals surface area contributed by atoms with Gasteiger partial charge in [-0.2, -0.15) is 0 Å². The monoisotopic (exact) mass is 230 g/mol. The van der Waals surface area contributed by atoms with Crippen molar-refractivity contribution < 1.29 is 9.47 Å². The molecule has 0 aromatic heterocycles. The zero-order valence-corrected chi connectivity index (χ0v) is 10.2. The lowest BCUT2D eigenvalue weighted by atomic mass is 10.1. The lowest BCUT2D eigenvalue weighted by Gasteiger charge is -2.24. The van der Waals surface area contributed by atoms with Crippen LogP contribution in [0.5, 0.6) is 0 Å². The molecule has 0 amide bonds. The second-order valence-electron chi connectivity index (χ2n) is 4.07. The van der Waals surface area contributed by atoms with Gasteiger partial charge in [-0.15, -0.1) is 0 Å². The van der Waals surface area contributed by atoms with Crippen molar-refractivity contribution in [3.8, 4) is 11.8 Å². The molecule has 17 heavy (non-hydrogen) atoms. The van der Waals surface area contributed by atoms with Crippen molar-refractivity contribution in [2.45, 2.75) is 32.5 Å². The van der Waals surface area contributed by atoms with Gasteiger partial charge in [-0.05, 0) is 18.9 Å². The van der Waals surface area contributed by atoms with Crippen molar-refractivity contribution in [3.63, 3.8) is 0 Å². The van der Waals surface area contributed by atoms with Crippen LogP contribution in [-0.2, 0) is 9.47 Å². The quantitative estimate of drug-likeness (QED) is 0.726. The molecule has 0 radical (unpaired) electrons. The van der Waals surface area contributed by atoms with Crippen LogP contribution in [0.1, 0.15) is 43.6 Å². The van der Waals surface area contributed by atoms with E-state index < -0.39 is 0 Å². The molecule has 2 rings (SSSR count). The van der Waals surface area contributed by atoms with Crippen LogP contribution in [0.2, 0.25) is 0 Å². The molecule has 2 nitrogen and oxygen atoms in total. The Labute approximate surface area is 103 Å². The summed E-state index contributed by atoms with van der Waals surface area (Å²) in [5.41, 5.74) is 2.07. The minimum Gasteiger partial charge on any atom is -0.348 e. The van der Waals surface area contributed by atoms with Crippen LogP contribution < -0.4 is 0 Å². The van der Waals surface area contributed by atoms with E-state index in [4.69, 9.17) is 9.47 Å². The Kier molecular flexibility index (Phi) is 4.61. The predicted molar refractivity (Wildman–Crippen MR) is 67.5 cm³/mol. The Morgan fingerprint density at radius 3 is 2.76 bits per heavy atom. The third-order valence-electron chi connectivity index (χ3n) is 2.64. The topological polar surface area (TPSA) is 18.5 Å². The fraction of sp³-hybridized carbons (Fsp3) is 0.467. The molecule has 1 heterocycles. The highest BCUT2D eigenvalue weighted by molar-refractivity contribution is 5.42. The van der Waals surface area contributed by atoms with Gasteiger partial charge in [-0.3, -0.25) is 0 Å². The van der Waals surface area contributed by atoms with E-state index >= 15 is 0 Å². The fourth-order valence-corrected chi connectivity index (χ4v) is 1.77. The maximum absolute atomic E-state index is 5.62. The maximum atomic E-state index is 5.62. The highest BCUT2D eigenvalue weighted by atomic mass is 16.7. The second kappa shape index (κ2) is 6.44. The smallest absolute Gasteiger partial charge is 0.184 e. The van der Waals surface area contributed by atoms with E-state index in [-0.39, 0.29) is 6.29 Å². The van der Waals surface area contributed by atoms with E-state index in [1.807, 2.05) is 24.3 Å². The normalized spacial score (nSPS) is 16.3. The number of hydrogen-bond acceptors (Lipinski definition) is 2. The van der Waals surface area contributed by atoms with E-state index in [0.717, 1.165) is 43.6 Å². The van der Waals surface area contributed by atoms with Gasteiger partial charge in [0.1, 0.15) is 0 Å². The number of ether oxygens (including phenoxy) is 2. The summed E-state index contributed by atoms with van der Waals surface area (Å²) in [6, 6.07) is 8.06. The highest BCUT2D eigenvalue weighted by Crippen LogP contribution is 2.25. The molecule has 0 saturated carbocycles. The first kappa shape index (κ1) is 12.2. The average molecular weight is 230 g/mol.